The van der Waals surface area contributed by atoms with E-state index in [-0.39, 0.29) is 4.39 Å². The van der Waals surface area contributed by atoms with Gasteiger partial charge in [-0.25, -0.2) is 0 Å². The van der Waals surface area contributed by atoms with Gasteiger partial charge in [-0.05, 0) is 0 Å². The van der Waals surface area contributed by atoms with Gasteiger partial charge in [0.25, 0.3) is 0 Å². The van der Waals surface area contributed by atoms with E-state index in [4.69, 9.17) is 9.92 Å². The Labute approximate surface area is 103 Å². The van der Waals surface area contributed by atoms with Gasteiger partial charge in [-0.1, -0.05) is 0 Å². The molecule has 0 amide bonds. The summed E-state index contributed by atoms with van der Waals surface area (Å²) in [5, 5.41) is 0. The van der Waals surface area contributed by atoms with E-state index in [1.807, 2.05) is 0 Å². The van der Waals surface area contributed by atoms with E-state index in [2.05, 4.69) is 32.4 Å². The number of nitrogens with two attached hydrogens (primary N) is 1. The fourth-order valence-electron chi connectivity index (χ4n) is 1.31. The van der Waals surface area contributed by atoms with Gasteiger partial charge in [0.05, 0.1) is 0 Å². The summed E-state index contributed by atoms with van der Waals surface area (Å²) in [5.74, 6) is 2.55. The standard InChI is InChI=1S/C9H20NOS2.Mo/c1-3-5-7-13(8-6-4-2)9(10)11-12-9;/h3-8,10H2,1-2H3;/q+1;-1. The second-order valence-electron chi connectivity index (χ2n) is 3.70. The molecule has 0 bridgehead atoms. The maximum absolute atomic E-state index is 6.19. The molecule has 0 aliphatic carbocycles. The van der Waals surface area contributed by atoms with Crippen molar-refractivity contribution in [2.75, 3.05) is 11.5 Å². The topological polar surface area (TPSA) is 38.5 Å². The molecule has 1 aliphatic heterocycles. The van der Waals surface area contributed by atoms with Crippen LogP contribution in [0.3, 0.4) is 0 Å². The Hall–Kier alpha value is 1.31. The Bertz CT molecular complexity index is 180. The Morgan fingerprint density at radius 2 is 1.71 bits per heavy atom. The molecule has 1 heterocycles. The molecule has 1 aliphatic rings. The van der Waals surface area contributed by atoms with E-state index >= 15 is 0 Å². The van der Waals surface area contributed by atoms with Crippen molar-refractivity contribution in [3.05, 3.63) is 0 Å². The molecule has 0 radical (unpaired) electrons. The number of unbranched alkanes of at least 4 members (excludes halogenated alkanes) is 2. The monoisotopic (exact) mass is 320 g/mol. The van der Waals surface area contributed by atoms with Crippen molar-refractivity contribution in [1.29, 1.82) is 0 Å². The SMILES string of the molecule is CCCC[S]([Mo])(CCCC)C1(N)OS1. The summed E-state index contributed by atoms with van der Waals surface area (Å²) in [6.45, 7) is 4.48. The number of hydrogen-bond donors (Lipinski definition) is 1. The minimum absolute atomic E-state index is 0.290. The molecule has 1 unspecified atom stereocenters. The predicted octanol–water partition coefficient (Wildman–Crippen LogP) is 3.10. The number of hydrogen-bond acceptors (Lipinski definition) is 3. The van der Waals surface area contributed by atoms with Crippen LogP contribution >= 0.6 is 19.8 Å². The molecule has 2 N–H and O–H groups in total. The van der Waals surface area contributed by atoms with Crippen molar-refractivity contribution in [3.63, 3.8) is 0 Å². The van der Waals surface area contributed by atoms with Crippen molar-refractivity contribution in [3.8, 4) is 0 Å². The summed E-state index contributed by atoms with van der Waals surface area (Å²) in [7, 11) is -0.740. The third kappa shape index (κ3) is 3.15. The van der Waals surface area contributed by atoms with E-state index in [0.717, 1.165) is 0 Å². The molecule has 0 spiro atoms. The fraction of sp³-hybridized carbons (Fsp3) is 1.00. The zero-order valence-corrected chi connectivity index (χ0v) is 12.6. The van der Waals surface area contributed by atoms with Crippen LogP contribution in [0.1, 0.15) is 39.5 Å². The van der Waals surface area contributed by atoms with Crippen LogP contribution in [-0.2, 0) is 22.7 Å². The van der Waals surface area contributed by atoms with Crippen LogP contribution in [0.25, 0.3) is 0 Å². The Morgan fingerprint density at radius 3 is 2.00 bits per heavy atom. The second kappa shape index (κ2) is 5.58. The normalized spacial score (nSPS) is 27.6. The van der Waals surface area contributed by atoms with Crippen LogP contribution in [0.5, 0.6) is 0 Å². The van der Waals surface area contributed by atoms with Crippen LogP contribution in [-0.4, -0.2) is 15.9 Å². The van der Waals surface area contributed by atoms with Gasteiger partial charge < -0.3 is 0 Å². The Balaban J connectivity index is 2.49. The van der Waals surface area contributed by atoms with Crippen molar-refractivity contribution >= 4 is 19.8 Å². The molecule has 1 atom stereocenters. The molecule has 0 aromatic heterocycles. The summed E-state index contributed by atoms with van der Waals surface area (Å²) in [4.78, 5) is 0. The van der Waals surface area contributed by atoms with Crippen LogP contribution in [0.15, 0.2) is 0 Å². The predicted molar refractivity (Wildman–Crippen MR) is 62.7 cm³/mol. The molecule has 5 heteroatoms. The van der Waals surface area contributed by atoms with Crippen LogP contribution in [0.2, 0.25) is 0 Å². The van der Waals surface area contributed by atoms with Crippen molar-refractivity contribution in [2.24, 2.45) is 5.73 Å². The van der Waals surface area contributed by atoms with E-state index in [0.29, 0.717) is 0 Å². The molecule has 85 valence electrons. The molecular weight excluding hydrogens is 298 g/mol. The summed E-state index contributed by atoms with van der Waals surface area (Å²) in [6, 6.07) is 0. The molecule has 1 saturated heterocycles. The van der Waals surface area contributed by atoms with Crippen molar-refractivity contribution in [1.82, 2.24) is 0 Å². The zero-order valence-electron chi connectivity index (χ0n) is 8.95. The van der Waals surface area contributed by atoms with Gasteiger partial charge in [0.1, 0.15) is 0 Å². The average Bonchev–Trinajstić information content (AvgIpc) is 2.92. The minimum atomic E-state index is -0.740. The van der Waals surface area contributed by atoms with Gasteiger partial charge in [0.2, 0.25) is 0 Å². The van der Waals surface area contributed by atoms with E-state index in [1.54, 1.807) is 0 Å². The van der Waals surface area contributed by atoms with Gasteiger partial charge in [-0.2, -0.15) is 0 Å². The summed E-state index contributed by atoms with van der Waals surface area (Å²) in [5.41, 5.74) is 6.19. The first-order valence-corrected chi connectivity index (χ1v) is 10.3. The molecular formula is C9H20MoNOS2. The van der Waals surface area contributed by atoms with E-state index in [9.17, 15) is 0 Å². The van der Waals surface area contributed by atoms with Gasteiger partial charge in [-0.15, -0.1) is 0 Å². The Morgan fingerprint density at radius 1 is 1.29 bits per heavy atom. The first-order valence-electron chi connectivity index (χ1n) is 5.23. The maximum atomic E-state index is 6.19. The summed E-state index contributed by atoms with van der Waals surface area (Å²) >= 11 is 3.77. The third-order valence-corrected chi connectivity index (χ3v) is 12.3. The van der Waals surface area contributed by atoms with Crippen LogP contribution in [0.4, 0.5) is 0 Å². The summed E-state index contributed by atoms with van der Waals surface area (Å²) in [6.07, 6.45) is 5.11. The van der Waals surface area contributed by atoms with Gasteiger partial charge in [0.15, 0.2) is 0 Å². The van der Waals surface area contributed by atoms with Gasteiger partial charge in [0, 0.05) is 0 Å². The quantitative estimate of drug-likeness (QED) is 0.445. The average molecular weight is 318 g/mol. The molecule has 0 saturated carbocycles. The first kappa shape index (κ1) is 13.4. The van der Waals surface area contributed by atoms with E-state index in [1.165, 1.54) is 49.2 Å². The van der Waals surface area contributed by atoms with Crippen LogP contribution < -0.4 is 5.73 Å². The van der Waals surface area contributed by atoms with Crippen molar-refractivity contribution in [2.45, 2.75) is 43.9 Å². The third-order valence-electron chi connectivity index (χ3n) is 2.42. The molecule has 0 aromatic carbocycles. The van der Waals surface area contributed by atoms with E-state index < -0.39 is 7.73 Å². The van der Waals surface area contributed by atoms with Crippen molar-refractivity contribution < 1.29 is 22.7 Å². The Kier molecular flexibility index (Phi) is 5.33. The first-order chi connectivity index (χ1) is 6.58. The molecule has 1 rings (SSSR count). The summed E-state index contributed by atoms with van der Waals surface area (Å²) < 4.78 is 5.10. The van der Waals surface area contributed by atoms with Gasteiger partial charge >= 0.3 is 104 Å². The molecule has 2 nitrogen and oxygen atoms in total. The molecule has 1 fully saturated rings. The zero-order chi connectivity index (χ0) is 10.7. The molecule has 0 aromatic rings. The molecule has 14 heavy (non-hydrogen) atoms. The second-order valence-corrected chi connectivity index (χ2v) is 12.6. The van der Waals surface area contributed by atoms with Crippen LogP contribution in [0, 0.1) is 0 Å². The van der Waals surface area contributed by atoms with Gasteiger partial charge in [-0.3, -0.25) is 0 Å². The fourth-order valence-corrected chi connectivity index (χ4v) is 8.23. The number of rotatable bonds is 7.